The summed E-state index contributed by atoms with van der Waals surface area (Å²) in [6, 6.07) is 0.0797. The van der Waals surface area contributed by atoms with Crippen molar-refractivity contribution in [1.29, 1.82) is 0 Å². The summed E-state index contributed by atoms with van der Waals surface area (Å²) in [6.07, 6.45) is 7.08. The van der Waals surface area contributed by atoms with E-state index < -0.39 is 0 Å². The molecule has 1 amide bonds. The molecule has 1 aliphatic rings. The van der Waals surface area contributed by atoms with E-state index in [-0.39, 0.29) is 11.9 Å². The first-order valence-electron chi connectivity index (χ1n) is 7.68. The smallest absolute Gasteiger partial charge is 0.222 e. The number of amides is 1. The maximum atomic E-state index is 12.3. The molecule has 1 aliphatic carbocycles. The van der Waals surface area contributed by atoms with Crippen LogP contribution in [0, 0.1) is 19.8 Å². The molecule has 0 aliphatic heterocycles. The van der Waals surface area contributed by atoms with Crippen LogP contribution in [0.4, 0.5) is 0 Å². The predicted molar refractivity (Wildman–Crippen MR) is 84.0 cm³/mol. The normalized spacial score (nSPS) is 17.4. The number of carbonyl (C=O) groups is 1. The lowest BCUT2D eigenvalue weighted by atomic mass is 10.0. The summed E-state index contributed by atoms with van der Waals surface area (Å²) >= 11 is 1.71. The lowest BCUT2D eigenvalue weighted by molar-refractivity contribution is -0.132. The summed E-state index contributed by atoms with van der Waals surface area (Å²) in [5.74, 6) is 1.04. The number of nitrogens with zero attached hydrogens (tertiary/aromatic N) is 2. The molecule has 0 saturated heterocycles. The molecule has 4 heteroatoms. The third kappa shape index (κ3) is 3.60. The van der Waals surface area contributed by atoms with Crippen molar-refractivity contribution in [3.05, 3.63) is 15.6 Å². The second kappa shape index (κ2) is 6.70. The third-order valence-corrected chi connectivity index (χ3v) is 5.45. The van der Waals surface area contributed by atoms with E-state index in [2.05, 4.69) is 18.8 Å². The van der Waals surface area contributed by atoms with Crippen molar-refractivity contribution in [1.82, 2.24) is 9.88 Å². The quantitative estimate of drug-likeness (QED) is 0.813. The van der Waals surface area contributed by atoms with Crippen LogP contribution in [0.5, 0.6) is 0 Å². The van der Waals surface area contributed by atoms with Gasteiger partial charge in [0.1, 0.15) is 0 Å². The lowest BCUT2D eigenvalue weighted by Crippen LogP contribution is -2.30. The topological polar surface area (TPSA) is 33.2 Å². The summed E-state index contributed by atoms with van der Waals surface area (Å²) in [5.41, 5.74) is 1.06. The van der Waals surface area contributed by atoms with Crippen molar-refractivity contribution >= 4 is 17.2 Å². The highest BCUT2D eigenvalue weighted by Gasteiger charge is 2.23. The minimum absolute atomic E-state index is 0.0797. The standard InChI is InChI=1S/C16H26N2OS/c1-11(16-12(2)20-13(3)17-16)18(4)15(19)10-9-14-7-5-6-8-14/h11,14H,5-10H2,1-4H3/t11-/m0/s1. The third-order valence-electron chi connectivity index (χ3n) is 4.55. The van der Waals surface area contributed by atoms with E-state index in [4.69, 9.17) is 0 Å². The van der Waals surface area contributed by atoms with E-state index in [1.165, 1.54) is 30.6 Å². The fourth-order valence-electron chi connectivity index (χ4n) is 3.14. The Labute approximate surface area is 126 Å². The highest BCUT2D eigenvalue weighted by molar-refractivity contribution is 7.11. The number of aromatic nitrogens is 1. The van der Waals surface area contributed by atoms with Crippen LogP contribution in [0.1, 0.15) is 67.1 Å². The molecule has 1 fully saturated rings. The van der Waals surface area contributed by atoms with Crippen molar-refractivity contribution in [3.63, 3.8) is 0 Å². The molecule has 112 valence electrons. The minimum atomic E-state index is 0.0797. The van der Waals surface area contributed by atoms with Gasteiger partial charge in [-0.05, 0) is 33.1 Å². The average molecular weight is 294 g/mol. The van der Waals surface area contributed by atoms with Gasteiger partial charge < -0.3 is 4.90 Å². The fourth-order valence-corrected chi connectivity index (χ4v) is 4.04. The number of rotatable bonds is 5. The molecule has 0 aromatic carbocycles. The molecule has 0 radical (unpaired) electrons. The van der Waals surface area contributed by atoms with Gasteiger partial charge in [0.15, 0.2) is 0 Å². The molecule has 1 aromatic heterocycles. The molecular formula is C16H26N2OS. The Balaban J connectivity index is 1.90. The Kier molecular flexibility index (Phi) is 5.19. The highest BCUT2D eigenvalue weighted by atomic mass is 32.1. The maximum Gasteiger partial charge on any atom is 0.222 e. The van der Waals surface area contributed by atoms with Gasteiger partial charge in [-0.1, -0.05) is 25.7 Å². The molecule has 2 rings (SSSR count). The van der Waals surface area contributed by atoms with Gasteiger partial charge in [0.05, 0.1) is 16.7 Å². The number of hydrogen-bond donors (Lipinski definition) is 0. The molecule has 1 heterocycles. The van der Waals surface area contributed by atoms with Gasteiger partial charge in [-0.2, -0.15) is 0 Å². The largest absolute Gasteiger partial charge is 0.337 e. The van der Waals surface area contributed by atoms with Gasteiger partial charge in [-0.3, -0.25) is 4.79 Å². The van der Waals surface area contributed by atoms with Crippen LogP contribution >= 0.6 is 11.3 Å². The molecule has 1 saturated carbocycles. The van der Waals surface area contributed by atoms with Crippen LogP contribution in [0.25, 0.3) is 0 Å². The van der Waals surface area contributed by atoms with Crippen LogP contribution in [0.2, 0.25) is 0 Å². The van der Waals surface area contributed by atoms with E-state index in [0.29, 0.717) is 6.42 Å². The van der Waals surface area contributed by atoms with Gasteiger partial charge in [0.2, 0.25) is 5.91 Å². The molecule has 0 unspecified atom stereocenters. The van der Waals surface area contributed by atoms with Crippen molar-refractivity contribution in [2.45, 2.75) is 65.3 Å². The predicted octanol–water partition coefficient (Wildman–Crippen LogP) is 4.25. The maximum absolute atomic E-state index is 12.3. The van der Waals surface area contributed by atoms with Crippen LogP contribution in [-0.2, 0) is 4.79 Å². The Bertz CT molecular complexity index is 463. The van der Waals surface area contributed by atoms with Crippen LogP contribution in [0.3, 0.4) is 0 Å². The average Bonchev–Trinajstić information content (AvgIpc) is 3.03. The molecule has 1 atom stereocenters. The number of aryl methyl sites for hydroxylation is 2. The molecule has 3 nitrogen and oxygen atoms in total. The van der Waals surface area contributed by atoms with Gasteiger partial charge >= 0.3 is 0 Å². The summed E-state index contributed by atoms with van der Waals surface area (Å²) in [4.78, 5) is 20.0. The Hall–Kier alpha value is -0.900. The molecule has 1 aromatic rings. The second-order valence-electron chi connectivity index (χ2n) is 6.04. The molecule has 0 bridgehead atoms. The summed E-state index contributed by atoms with van der Waals surface area (Å²) in [5, 5.41) is 1.08. The number of carbonyl (C=O) groups excluding carboxylic acids is 1. The van der Waals surface area contributed by atoms with Gasteiger partial charge in [0, 0.05) is 18.3 Å². The van der Waals surface area contributed by atoms with Crippen LogP contribution in [-0.4, -0.2) is 22.8 Å². The van der Waals surface area contributed by atoms with Crippen molar-refractivity contribution in [2.24, 2.45) is 5.92 Å². The van der Waals surface area contributed by atoms with Crippen molar-refractivity contribution in [2.75, 3.05) is 7.05 Å². The van der Waals surface area contributed by atoms with Crippen molar-refractivity contribution < 1.29 is 4.79 Å². The van der Waals surface area contributed by atoms with Crippen LogP contribution < -0.4 is 0 Å². The molecule has 0 N–H and O–H groups in total. The number of hydrogen-bond acceptors (Lipinski definition) is 3. The Morgan fingerprint density at radius 2 is 2.05 bits per heavy atom. The summed E-state index contributed by atoms with van der Waals surface area (Å²) in [7, 11) is 1.91. The first-order valence-corrected chi connectivity index (χ1v) is 8.50. The van der Waals surface area contributed by atoms with Crippen molar-refractivity contribution in [3.8, 4) is 0 Å². The van der Waals surface area contributed by atoms with E-state index in [1.807, 2.05) is 18.9 Å². The second-order valence-corrected chi connectivity index (χ2v) is 7.45. The zero-order chi connectivity index (χ0) is 14.7. The highest BCUT2D eigenvalue weighted by Crippen LogP contribution is 2.30. The lowest BCUT2D eigenvalue weighted by Gasteiger charge is -2.25. The van der Waals surface area contributed by atoms with Crippen LogP contribution in [0.15, 0.2) is 0 Å². The van der Waals surface area contributed by atoms with E-state index >= 15 is 0 Å². The van der Waals surface area contributed by atoms with E-state index in [1.54, 1.807) is 11.3 Å². The monoisotopic (exact) mass is 294 g/mol. The summed E-state index contributed by atoms with van der Waals surface area (Å²) in [6.45, 7) is 6.19. The summed E-state index contributed by atoms with van der Waals surface area (Å²) < 4.78 is 0. The Morgan fingerprint density at radius 3 is 2.60 bits per heavy atom. The Morgan fingerprint density at radius 1 is 1.40 bits per heavy atom. The number of thiazole rings is 1. The van der Waals surface area contributed by atoms with Gasteiger partial charge in [-0.25, -0.2) is 4.98 Å². The zero-order valence-corrected chi connectivity index (χ0v) is 13.9. The molecule has 0 spiro atoms. The van der Waals surface area contributed by atoms with Gasteiger partial charge in [-0.15, -0.1) is 11.3 Å². The zero-order valence-electron chi connectivity index (χ0n) is 13.1. The fraction of sp³-hybridized carbons (Fsp3) is 0.750. The molecule has 20 heavy (non-hydrogen) atoms. The minimum Gasteiger partial charge on any atom is -0.337 e. The van der Waals surface area contributed by atoms with E-state index in [9.17, 15) is 4.79 Å². The first kappa shape index (κ1) is 15.5. The molecular weight excluding hydrogens is 268 g/mol. The SMILES string of the molecule is Cc1nc([C@H](C)N(C)C(=O)CCC2CCCC2)c(C)s1. The van der Waals surface area contributed by atoms with E-state index in [0.717, 1.165) is 23.0 Å². The van der Waals surface area contributed by atoms with Gasteiger partial charge in [0.25, 0.3) is 0 Å². The first-order chi connectivity index (χ1) is 9.49.